The minimum atomic E-state index is -0.0499. The largest absolute Gasteiger partial charge is 0.300 e. The van der Waals surface area contributed by atoms with E-state index in [9.17, 15) is 4.79 Å². The lowest BCUT2D eigenvalue weighted by atomic mass is 10.1. The highest BCUT2D eigenvalue weighted by Gasteiger charge is 2.22. The first-order chi connectivity index (χ1) is 9.79. The number of hydrogen-bond donors (Lipinski definition) is 1. The number of anilines is 1. The summed E-state index contributed by atoms with van der Waals surface area (Å²) in [6, 6.07) is 9.68. The summed E-state index contributed by atoms with van der Waals surface area (Å²) in [7, 11) is 0. The molecular weight excluding hydrogens is 290 g/mol. The fourth-order valence-electron chi connectivity index (χ4n) is 1.74. The van der Waals surface area contributed by atoms with Crippen LogP contribution in [0.2, 0.25) is 0 Å². The number of nitrogens with zero attached hydrogens (tertiary/aromatic N) is 2. The standard InChI is InChI=1S/C14H15N3OS2/c18-12(8-10-4-2-1-3-5-10)15-13-16-17-14(20-13)19-9-11-6-7-11/h1-5,11H,6-9H2,(H,15,16,18). The van der Waals surface area contributed by atoms with Crippen molar-refractivity contribution in [3.8, 4) is 0 Å². The first-order valence-corrected chi connectivity index (χ1v) is 8.40. The molecule has 1 saturated carbocycles. The SMILES string of the molecule is O=C(Cc1ccccc1)Nc1nnc(SCC2CC2)s1. The van der Waals surface area contributed by atoms with Gasteiger partial charge < -0.3 is 5.32 Å². The van der Waals surface area contributed by atoms with Gasteiger partial charge in [-0.05, 0) is 24.3 Å². The van der Waals surface area contributed by atoms with Crippen molar-refractivity contribution < 1.29 is 4.79 Å². The van der Waals surface area contributed by atoms with Gasteiger partial charge in [0.25, 0.3) is 0 Å². The van der Waals surface area contributed by atoms with Crippen LogP contribution in [0.4, 0.5) is 5.13 Å². The number of nitrogens with one attached hydrogen (secondary N) is 1. The quantitative estimate of drug-likeness (QED) is 0.657. The monoisotopic (exact) mass is 305 g/mol. The van der Waals surface area contributed by atoms with Crippen LogP contribution in [-0.2, 0) is 11.2 Å². The molecule has 1 N–H and O–H groups in total. The third kappa shape index (κ3) is 4.05. The van der Waals surface area contributed by atoms with Gasteiger partial charge in [-0.1, -0.05) is 53.4 Å². The molecule has 20 heavy (non-hydrogen) atoms. The van der Waals surface area contributed by atoms with Crippen molar-refractivity contribution in [1.82, 2.24) is 10.2 Å². The maximum absolute atomic E-state index is 11.9. The van der Waals surface area contributed by atoms with Gasteiger partial charge in [0.1, 0.15) is 0 Å². The fourth-order valence-corrected chi connectivity index (χ4v) is 3.72. The van der Waals surface area contributed by atoms with Crippen molar-refractivity contribution in [2.75, 3.05) is 11.1 Å². The number of benzene rings is 1. The molecule has 1 amide bonds. The lowest BCUT2D eigenvalue weighted by molar-refractivity contribution is -0.115. The molecule has 0 radical (unpaired) electrons. The van der Waals surface area contributed by atoms with Crippen molar-refractivity contribution in [2.45, 2.75) is 23.6 Å². The minimum Gasteiger partial charge on any atom is -0.300 e. The molecule has 0 atom stereocenters. The second-order valence-electron chi connectivity index (χ2n) is 4.84. The highest BCUT2D eigenvalue weighted by molar-refractivity contribution is 8.01. The van der Waals surface area contributed by atoms with Gasteiger partial charge in [-0.3, -0.25) is 4.79 Å². The Labute approximate surface area is 126 Å². The minimum absolute atomic E-state index is 0.0499. The number of carbonyl (C=O) groups is 1. The number of carbonyl (C=O) groups excluding carboxylic acids is 1. The van der Waals surface area contributed by atoms with Crippen LogP contribution < -0.4 is 5.32 Å². The molecule has 4 nitrogen and oxygen atoms in total. The molecule has 6 heteroatoms. The number of amides is 1. The lowest BCUT2D eigenvalue weighted by Crippen LogP contribution is -2.14. The summed E-state index contributed by atoms with van der Waals surface area (Å²) in [6.07, 6.45) is 3.05. The Morgan fingerprint density at radius 2 is 2.10 bits per heavy atom. The Hall–Kier alpha value is -1.40. The Balaban J connectivity index is 1.50. The summed E-state index contributed by atoms with van der Waals surface area (Å²) in [5.74, 6) is 1.93. The van der Waals surface area contributed by atoms with Gasteiger partial charge in [0.2, 0.25) is 11.0 Å². The first kappa shape index (κ1) is 13.6. The highest BCUT2D eigenvalue weighted by Crippen LogP contribution is 2.36. The van der Waals surface area contributed by atoms with Gasteiger partial charge in [0.05, 0.1) is 6.42 Å². The number of aromatic nitrogens is 2. The normalized spacial score (nSPS) is 14.2. The van der Waals surface area contributed by atoms with Gasteiger partial charge in [-0.25, -0.2) is 0 Å². The van der Waals surface area contributed by atoms with Crippen molar-refractivity contribution >= 4 is 34.1 Å². The maximum atomic E-state index is 11.9. The van der Waals surface area contributed by atoms with E-state index in [2.05, 4.69) is 15.5 Å². The third-order valence-electron chi connectivity index (χ3n) is 3.00. The molecule has 1 aliphatic carbocycles. The number of thioether (sulfide) groups is 1. The van der Waals surface area contributed by atoms with E-state index >= 15 is 0 Å². The first-order valence-electron chi connectivity index (χ1n) is 6.59. The Bertz CT molecular complexity index is 581. The van der Waals surface area contributed by atoms with Gasteiger partial charge in [-0.15, -0.1) is 10.2 Å². The fraction of sp³-hybridized carbons (Fsp3) is 0.357. The van der Waals surface area contributed by atoms with E-state index in [1.807, 2.05) is 30.3 Å². The second-order valence-corrected chi connectivity index (χ2v) is 7.08. The zero-order valence-corrected chi connectivity index (χ0v) is 12.5. The predicted octanol–water partition coefficient (Wildman–Crippen LogP) is 3.22. The molecule has 0 aliphatic heterocycles. The molecule has 1 aromatic heterocycles. The van der Waals surface area contributed by atoms with E-state index in [0.717, 1.165) is 21.6 Å². The lowest BCUT2D eigenvalue weighted by Gasteiger charge is -2.00. The smallest absolute Gasteiger partial charge is 0.230 e. The molecular formula is C14H15N3OS2. The van der Waals surface area contributed by atoms with Crippen molar-refractivity contribution in [3.05, 3.63) is 35.9 Å². The molecule has 0 spiro atoms. The van der Waals surface area contributed by atoms with E-state index < -0.39 is 0 Å². The molecule has 104 valence electrons. The van der Waals surface area contributed by atoms with Crippen LogP contribution >= 0.6 is 23.1 Å². The predicted molar refractivity (Wildman–Crippen MR) is 82.1 cm³/mol. The van der Waals surface area contributed by atoms with E-state index in [0.29, 0.717) is 11.6 Å². The molecule has 1 fully saturated rings. The Morgan fingerprint density at radius 1 is 1.30 bits per heavy atom. The second kappa shape index (κ2) is 6.37. The highest BCUT2D eigenvalue weighted by atomic mass is 32.2. The summed E-state index contributed by atoms with van der Waals surface area (Å²) < 4.78 is 0.937. The maximum Gasteiger partial charge on any atom is 0.230 e. The third-order valence-corrected chi connectivity index (χ3v) is 5.20. The molecule has 1 aromatic carbocycles. The van der Waals surface area contributed by atoms with E-state index in [1.54, 1.807) is 11.8 Å². The molecule has 0 unspecified atom stereocenters. The van der Waals surface area contributed by atoms with E-state index in [-0.39, 0.29) is 5.91 Å². The molecule has 2 aromatic rings. The molecule has 0 saturated heterocycles. The average molecular weight is 305 g/mol. The Morgan fingerprint density at radius 3 is 2.85 bits per heavy atom. The van der Waals surface area contributed by atoms with Crippen LogP contribution in [0.1, 0.15) is 18.4 Å². The molecule has 0 bridgehead atoms. The summed E-state index contributed by atoms with van der Waals surface area (Å²) in [6.45, 7) is 0. The van der Waals surface area contributed by atoms with Crippen LogP contribution in [0.5, 0.6) is 0 Å². The summed E-state index contributed by atoms with van der Waals surface area (Å²) in [4.78, 5) is 11.9. The van der Waals surface area contributed by atoms with Crippen LogP contribution in [0.15, 0.2) is 34.7 Å². The van der Waals surface area contributed by atoms with Gasteiger partial charge in [0.15, 0.2) is 4.34 Å². The van der Waals surface area contributed by atoms with Crippen molar-refractivity contribution in [3.63, 3.8) is 0 Å². The van der Waals surface area contributed by atoms with Crippen LogP contribution in [0.3, 0.4) is 0 Å². The number of hydrogen-bond acceptors (Lipinski definition) is 5. The van der Waals surface area contributed by atoms with Crippen LogP contribution in [-0.4, -0.2) is 21.9 Å². The van der Waals surface area contributed by atoms with Gasteiger partial charge >= 0.3 is 0 Å². The zero-order chi connectivity index (χ0) is 13.8. The topological polar surface area (TPSA) is 54.9 Å². The Kier molecular flexibility index (Phi) is 4.32. The van der Waals surface area contributed by atoms with Crippen molar-refractivity contribution in [2.24, 2.45) is 5.92 Å². The van der Waals surface area contributed by atoms with Crippen LogP contribution in [0, 0.1) is 5.92 Å². The zero-order valence-electron chi connectivity index (χ0n) is 10.9. The van der Waals surface area contributed by atoms with Crippen LogP contribution in [0.25, 0.3) is 0 Å². The van der Waals surface area contributed by atoms with Gasteiger partial charge in [-0.2, -0.15) is 0 Å². The molecule has 3 rings (SSSR count). The van der Waals surface area contributed by atoms with E-state index in [1.165, 1.54) is 24.2 Å². The summed E-state index contributed by atoms with van der Waals surface area (Å²) in [5.41, 5.74) is 0.998. The van der Waals surface area contributed by atoms with E-state index in [4.69, 9.17) is 0 Å². The summed E-state index contributed by atoms with van der Waals surface area (Å²) in [5, 5.41) is 11.5. The summed E-state index contributed by atoms with van der Waals surface area (Å²) >= 11 is 3.19. The average Bonchev–Trinajstić information content (AvgIpc) is 3.18. The molecule has 1 heterocycles. The molecule has 1 aliphatic rings. The number of rotatable bonds is 6. The van der Waals surface area contributed by atoms with Gasteiger partial charge in [0, 0.05) is 5.75 Å². The van der Waals surface area contributed by atoms with Crippen molar-refractivity contribution in [1.29, 1.82) is 0 Å².